The fourth-order valence-electron chi connectivity index (χ4n) is 4.03. The van der Waals surface area contributed by atoms with Crippen molar-refractivity contribution in [2.45, 2.75) is 46.1 Å². The minimum atomic E-state index is -3.09. The quantitative estimate of drug-likeness (QED) is 0.370. The molecule has 0 aromatic carbocycles. The molecule has 1 aromatic heterocycles. The van der Waals surface area contributed by atoms with Crippen molar-refractivity contribution >= 4 is 33.5 Å². The maximum atomic E-state index is 12.8. The van der Waals surface area contributed by atoms with E-state index >= 15 is 0 Å². The fraction of sp³-hybridized carbons (Fsp3) is 0.579. The van der Waals surface area contributed by atoms with E-state index in [1.54, 1.807) is 19.9 Å². The Kier molecular flexibility index (Phi) is 5.66. The van der Waals surface area contributed by atoms with Crippen LogP contribution >= 0.6 is 0 Å². The van der Waals surface area contributed by atoms with Gasteiger partial charge in [-0.2, -0.15) is 0 Å². The summed E-state index contributed by atoms with van der Waals surface area (Å²) in [4.78, 5) is 51.1. The molecule has 0 unspecified atom stereocenters. The lowest BCUT2D eigenvalue weighted by molar-refractivity contribution is -0.143. The highest BCUT2D eigenvalue weighted by Crippen LogP contribution is 2.29. The van der Waals surface area contributed by atoms with E-state index in [0.29, 0.717) is 29.0 Å². The van der Waals surface area contributed by atoms with Gasteiger partial charge in [0.2, 0.25) is 0 Å². The molecule has 0 aliphatic carbocycles. The van der Waals surface area contributed by atoms with Crippen molar-refractivity contribution < 1.29 is 27.6 Å². The van der Waals surface area contributed by atoms with Gasteiger partial charge < -0.3 is 4.57 Å². The van der Waals surface area contributed by atoms with Crippen LogP contribution in [-0.2, 0) is 19.4 Å². The largest absolute Gasteiger partial charge is 0.344 e. The summed E-state index contributed by atoms with van der Waals surface area (Å²) in [5.41, 5.74) is 1.67. The summed E-state index contributed by atoms with van der Waals surface area (Å²) in [6, 6.07) is 0.643. The number of aromatic nitrogens is 1. The van der Waals surface area contributed by atoms with Crippen molar-refractivity contribution in [2.24, 2.45) is 0 Å². The van der Waals surface area contributed by atoms with Crippen LogP contribution in [0.15, 0.2) is 6.07 Å². The molecular weight excluding hydrogens is 398 g/mol. The predicted octanol–water partition coefficient (Wildman–Crippen LogP) is 1.24. The number of carbonyl (C=O) groups is 4. The Bertz CT molecular complexity index is 994. The lowest BCUT2D eigenvalue weighted by Gasteiger charge is -2.17. The molecule has 1 atom stereocenters. The zero-order chi connectivity index (χ0) is 21.5. The highest BCUT2D eigenvalue weighted by molar-refractivity contribution is 7.91. The van der Waals surface area contributed by atoms with Gasteiger partial charge in [0.25, 0.3) is 0 Å². The standard InChI is InChI=1S/C19H25N3O6S/c1-4-5-7-20-17(24)18(25)21(19(20)26)10-16(23)15-9-12(2)22(13(15)3)14-6-8-29(27,28)11-14/h9,14H,4-8,10-11H2,1-3H3/t14-/m1/s1. The molecule has 9 nitrogen and oxygen atoms in total. The van der Waals surface area contributed by atoms with Crippen molar-refractivity contribution in [1.29, 1.82) is 0 Å². The van der Waals surface area contributed by atoms with Gasteiger partial charge in [0.05, 0.1) is 18.1 Å². The second kappa shape index (κ2) is 7.74. The SMILES string of the molecule is CCCCN1C(=O)C(=O)N(CC(=O)c2cc(C)n([C@@H]3CCS(=O)(=O)C3)c2C)C1=O. The maximum absolute atomic E-state index is 12.8. The topological polar surface area (TPSA) is 114 Å². The van der Waals surface area contributed by atoms with Crippen LogP contribution in [0.25, 0.3) is 0 Å². The normalized spacial score (nSPS) is 21.5. The molecule has 2 fully saturated rings. The number of unbranched alkanes of at least 4 members (excludes halogenated alkanes) is 1. The van der Waals surface area contributed by atoms with E-state index in [4.69, 9.17) is 0 Å². The average Bonchev–Trinajstić information content (AvgIpc) is 3.22. The number of nitrogens with zero attached hydrogens (tertiary/aromatic N) is 3. The van der Waals surface area contributed by atoms with Crippen LogP contribution in [0.1, 0.15) is 54.0 Å². The number of rotatable bonds is 7. The monoisotopic (exact) mass is 423 g/mol. The van der Waals surface area contributed by atoms with E-state index in [0.717, 1.165) is 17.0 Å². The first-order valence-corrected chi connectivity index (χ1v) is 11.5. The van der Waals surface area contributed by atoms with Crippen molar-refractivity contribution in [2.75, 3.05) is 24.6 Å². The van der Waals surface area contributed by atoms with Crippen LogP contribution in [0.5, 0.6) is 0 Å². The smallest absolute Gasteiger partial charge is 0.334 e. The molecule has 10 heteroatoms. The highest BCUT2D eigenvalue weighted by atomic mass is 32.2. The lowest BCUT2D eigenvalue weighted by atomic mass is 10.1. The van der Waals surface area contributed by atoms with Gasteiger partial charge in [0.1, 0.15) is 0 Å². The number of carbonyl (C=O) groups excluding carboxylic acids is 4. The number of aryl methyl sites for hydroxylation is 1. The number of amides is 4. The van der Waals surface area contributed by atoms with E-state index in [2.05, 4.69) is 0 Å². The molecule has 3 heterocycles. The van der Waals surface area contributed by atoms with E-state index in [9.17, 15) is 27.6 Å². The molecule has 29 heavy (non-hydrogen) atoms. The Labute approximate surface area is 169 Å². The van der Waals surface area contributed by atoms with Gasteiger partial charge in [-0.15, -0.1) is 0 Å². The van der Waals surface area contributed by atoms with Gasteiger partial charge >= 0.3 is 17.8 Å². The summed E-state index contributed by atoms with van der Waals surface area (Å²) in [6.45, 7) is 5.04. The summed E-state index contributed by atoms with van der Waals surface area (Å²) in [7, 11) is -3.09. The molecule has 0 spiro atoms. The first-order valence-electron chi connectivity index (χ1n) is 9.66. The van der Waals surface area contributed by atoms with Gasteiger partial charge in [0.15, 0.2) is 15.6 Å². The Morgan fingerprint density at radius 3 is 2.38 bits per heavy atom. The molecule has 0 bridgehead atoms. The molecule has 2 aliphatic rings. The summed E-state index contributed by atoms with van der Waals surface area (Å²) >= 11 is 0. The van der Waals surface area contributed by atoms with E-state index in [1.807, 2.05) is 11.5 Å². The maximum Gasteiger partial charge on any atom is 0.334 e. The Hall–Kier alpha value is -2.49. The second-order valence-corrected chi connectivity index (χ2v) is 9.85. The number of sulfone groups is 1. The molecular formula is C19H25N3O6S. The minimum Gasteiger partial charge on any atom is -0.344 e. The Morgan fingerprint density at radius 1 is 1.14 bits per heavy atom. The van der Waals surface area contributed by atoms with Crippen molar-refractivity contribution in [3.05, 3.63) is 23.0 Å². The Balaban J connectivity index is 1.80. The van der Waals surface area contributed by atoms with Crippen molar-refractivity contribution in [3.8, 4) is 0 Å². The third-order valence-corrected chi connectivity index (χ3v) is 7.28. The number of imide groups is 2. The van der Waals surface area contributed by atoms with Gasteiger partial charge in [-0.05, 0) is 32.8 Å². The lowest BCUT2D eigenvalue weighted by Crippen LogP contribution is -2.37. The third-order valence-electron chi connectivity index (χ3n) is 5.53. The number of Topliss-reactive ketones (excluding diaryl/α,β-unsaturated/α-hetero) is 1. The molecule has 158 valence electrons. The van der Waals surface area contributed by atoms with Crippen LogP contribution in [0.4, 0.5) is 4.79 Å². The highest BCUT2D eigenvalue weighted by Gasteiger charge is 2.45. The first-order chi connectivity index (χ1) is 13.6. The van der Waals surface area contributed by atoms with Gasteiger partial charge in [0, 0.05) is 29.5 Å². The van der Waals surface area contributed by atoms with Crippen LogP contribution in [0, 0.1) is 13.8 Å². The van der Waals surface area contributed by atoms with Gasteiger partial charge in [-0.25, -0.2) is 18.1 Å². The third kappa shape index (κ3) is 3.85. The molecule has 1 aromatic rings. The summed E-state index contributed by atoms with van der Waals surface area (Å²) in [6.07, 6.45) is 1.82. The number of urea groups is 1. The number of hydrogen-bond donors (Lipinski definition) is 0. The Morgan fingerprint density at radius 2 is 1.79 bits per heavy atom. The van der Waals surface area contributed by atoms with Crippen LogP contribution in [-0.4, -0.2) is 71.0 Å². The van der Waals surface area contributed by atoms with Crippen LogP contribution in [0.3, 0.4) is 0 Å². The summed E-state index contributed by atoms with van der Waals surface area (Å²) in [5, 5.41) is 0. The zero-order valence-corrected chi connectivity index (χ0v) is 17.6. The van der Waals surface area contributed by atoms with Gasteiger partial charge in [-0.1, -0.05) is 13.3 Å². The molecule has 0 radical (unpaired) electrons. The van der Waals surface area contributed by atoms with Gasteiger partial charge in [-0.3, -0.25) is 19.3 Å². The first kappa shape index (κ1) is 21.2. The predicted molar refractivity (Wildman–Crippen MR) is 104 cm³/mol. The molecule has 0 saturated carbocycles. The molecule has 3 rings (SSSR count). The number of ketones is 1. The van der Waals surface area contributed by atoms with E-state index in [1.165, 1.54) is 0 Å². The molecule has 0 N–H and O–H groups in total. The molecule has 2 saturated heterocycles. The van der Waals surface area contributed by atoms with Crippen LogP contribution in [0.2, 0.25) is 0 Å². The number of hydrogen-bond acceptors (Lipinski definition) is 6. The van der Waals surface area contributed by atoms with Crippen LogP contribution < -0.4 is 0 Å². The van der Waals surface area contributed by atoms with Crippen molar-refractivity contribution in [3.63, 3.8) is 0 Å². The zero-order valence-electron chi connectivity index (χ0n) is 16.8. The van der Waals surface area contributed by atoms with Crippen molar-refractivity contribution in [1.82, 2.24) is 14.4 Å². The van der Waals surface area contributed by atoms with E-state index in [-0.39, 0.29) is 24.1 Å². The average molecular weight is 423 g/mol. The van der Waals surface area contributed by atoms with E-state index < -0.39 is 40.0 Å². The summed E-state index contributed by atoms with van der Waals surface area (Å²) < 4.78 is 25.5. The molecule has 4 amide bonds. The summed E-state index contributed by atoms with van der Waals surface area (Å²) in [5.74, 6) is -2.21. The fourth-order valence-corrected chi connectivity index (χ4v) is 5.73. The molecule has 2 aliphatic heterocycles. The minimum absolute atomic E-state index is 0.0287. The second-order valence-electron chi connectivity index (χ2n) is 7.62.